The molecule has 0 fully saturated rings. The molecule has 0 rings (SSSR count). The summed E-state index contributed by atoms with van der Waals surface area (Å²) in [5, 5.41) is 8.54. The molecule has 0 saturated heterocycles. The average Bonchev–Trinajstić information content (AvgIpc) is 1.21. The summed E-state index contributed by atoms with van der Waals surface area (Å²) in [6, 6.07) is 0. The lowest BCUT2D eigenvalue weighted by atomic mass is 10.4. The number of hydrogen-bond donors (Lipinski definition) is 2. The molecule has 0 aliphatic carbocycles. The van der Waals surface area contributed by atoms with Crippen LogP contribution >= 0.6 is 0 Å². The molecule has 0 amide bonds. The first-order valence-electron chi connectivity index (χ1n) is 2.42. The standard InChI is InChI=1S/C3H11BNO2Si/c1-5(6)4-8(2,3)7/h6-7H,1-3H3. The average molecular weight is 132 g/mol. The van der Waals surface area contributed by atoms with Crippen LogP contribution in [0.1, 0.15) is 0 Å². The van der Waals surface area contributed by atoms with E-state index in [0.717, 1.165) is 4.97 Å². The van der Waals surface area contributed by atoms with Gasteiger partial charge in [-0.15, -0.1) is 0 Å². The lowest BCUT2D eigenvalue weighted by Crippen LogP contribution is -2.43. The van der Waals surface area contributed by atoms with E-state index in [1.54, 1.807) is 13.1 Å². The van der Waals surface area contributed by atoms with Crippen molar-refractivity contribution in [2.45, 2.75) is 13.1 Å². The van der Waals surface area contributed by atoms with Crippen molar-refractivity contribution >= 4 is 15.2 Å². The second-order valence-electron chi connectivity index (χ2n) is 2.36. The minimum absolute atomic E-state index is 0.895. The summed E-state index contributed by atoms with van der Waals surface area (Å²) in [5.74, 6) is 0. The third-order valence-corrected chi connectivity index (χ3v) is 1.51. The van der Waals surface area contributed by atoms with Gasteiger partial charge in [0.25, 0.3) is 7.01 Å². The Kier molecular flexibility index (Phi) is 2.69. The van der Waals surface area contributed by atoms with Crippen LogP contribution in [0.25, 0.3) is 0 Å². The first-order chi connectivity index (χ1) is 3.42. The predicted octanol–water partition coefficient (Wildman–Crippen LogP) is -0.379. The van der Waals surface area contributed by atoms with Crippen molar-refractivity contribution in [1.82, 2.24) is 4.97 Å². The fourth-order valence-electron chi connectivity index (χ4n) is 0.457. The first-order valence-corrected chi connectivity index (χ1v) is 5.44. The minimum Gasteiger partial charge on any atom is -0.438 e. The molecule has 1 radical (unpaired) electrons. The zero-order chi connectivity index (χ0) is 6.78. The van der Waals surface area contributed by atoms with Crippen molar-refractivity contribution in [3.8, 4) is 0 Å². The van der Waals surface area contributed by atoms with Crippen LogP contribution in [0.3, 0.4) is 0 Å². The maximum absolute atomic E-state index is 9.07. The summed E-state index contributed by atoms with van der Waals surface area (Å²) in [6.45, 7) is 3.44. The molecular formula is C3H11BNO2Si. The second kappa shape index (κ2) is 2.63. The highest BCUT2D eigenvalue weighted by molar-refractivity contribution is 7.18. The zero-order valence-corrected chi connectivity index (χ0v) is 6.42. The highest BCUT2D eigenvalue weighted by atomic mass is 28.3. The Hall–Kier alpha value is 0.162. The fraction of sp³-hybridized carbons (Fsp3) is 1.00. The van der Waals surface area contributed by atoms with Crippen LogP contribution in [0.4, 0.5) is 0 Å². The Morgan fingerprint density at radius 1 is 1.50 bits per heavy atom. The van der Waals surface area contributed by atoms with E-state index in [1.165, 1.54) is 14.1 Å². The van der Waals surface area contributed by atoms with Gasteiger partial charge >= 0.3 is 0 Å². The number of hydrogen-bond acceptors (Lipinski definition) is 3. The molecule has 8 heavy (non-hydrogen) atoms. The normalized spacial score (nSPS) is 12.2. The molecule has 0 aromatic heterocycles. The third kappa shape index (κ3) is 6.16. The largest absolute Gasteiger partial charge is 0.438 e. The van der Waals surface area contributed by atoms with Gasteiger partial charge in [-0.3, -0.25) is 0 Å². The molecule has 0 aromatic carbocycles. The SMILES string of the molecule is CN(O)[B][Si](C)(C)O. The molecule has 0 aromatic rings. The van der Waals surface area contributed by atoms with Gasteiger partial charge in [-0.1, -0.05) is 13.1 Å². The van der Waals surface area contributed by atoms with Gasteiger partial charge in [0.15, 0.2) is 8.19 Å². The maximum atomic E-state index is 9.07. The highest BCUT2D eigenvalue weighted by Gasteiger charge is 2.20. The van der Waals surface area contributed by atoms with Gasteiger partial charge < -0.3 is 10.0 Å². The number of rotatable bonds is 2. The minimum atomic E-state index is -2.17. The van der Waals surface area contributed by atoms with Gasteiger partial charge in [-0.05, 0) is 7.05 Å². The summed E-state index contributed by atoms with van der Waals surface area (Å²) >= 11 is 0. The molecule has 3 nitrogen and oxygen atoms in total. The number of nitrogens with zero attached hydrogens (tertiary/aromatic N) is 1. The summed E-state index contributed by atoms with van der Waals surface area (Å²) in [7, 11) is 0.745. The van der Waals surface area contributed by atoms with Crippen LogP contribution in [-0.4, -0.2) is 37.2 Å². The van der Waals surface area contributed by atoms with Crippen molar-refractivity contribution < 1.29 is 10.0 Å². The van der Waals surface area contributed by atoms with Crippen LogP contribution in [0, 0.1) is 0 Å². The van der Waals surface area contributed by atoms with Crippen molar-refractivity contribution in [2.24, 2.45) is 0 Å². The summed E-state index contributed by atoms with van der Waals surface area (Å²) < 4.78 is 0. The van der Waals surface area contributed by atoms with Crippen LogP contribution in [0.5, 0.6) is 0 Å². The topological polar surface area (TPSA) is 43.7 Å². The van der Waals surface area contributed by atoms with Crippen LogP contribution in [0.15, 0.2) is 0 Å². The Bertz CT molecular complexity index is 72.2. The van der Waals surface area contributed by atoms with E-state index in [9.17, 15) is 0 Å². The Balaban J connectivity index is 3.39. The maximum Gasteiger partial charge on any atom is 0.268 e. The van der Waals surface area contributed by atoms with E-state index in [4.69, 9.17) is 10.0 Å². The van der Waals surface area contributed by atoms with Gasteiger partial charge in [0, 0.05) is 0 Å². The molecule has 0 atom stereocenters. The van der Waals surface area contributed by atoms with Gasteiger partial charge in [-0.2, -0.15) is 0 Å². The van der Waals surface area contributed by atoms with E-state index in [0.29, 0.717) is 0 Å². The Morgan fingerprint density at radius 3 is 1.88 bits per heavy atom. The lowest BCUT2D eigenvalue weighted by molar-refractivity contribution is 0.0301. The molecule has 0 unspecified atom stereocenters. The lowest BCUT2D eigenvalue weighted by Gasteiger charge is -2.15. The van der Waals surface area contributed by atoms with Gasteiger partial charge in [0.1, 0.15) is 0 Å². The molecule has 5 heteroatoms. The molecule has 47 valence electrons. The summed E-state index contributed by atoms with van der Waals surface area (Å²) in [6.07, 6.45) is 0. The third-order valence-electron chi connectivity index (χ3n) is 0.503. The molecule has 0 saturated carbocycles. The molecule has 0 spiro atoms. The first kappa shape index (κ1) is 8.16. The van der Waals surface area contributed by atoms with Crippen LogP contribution < -0.4 is 0 Å². The van der Waals surface area contributed by atoms with E-state index < -0.39 is 8.19 Å². The molecule has 0 aliphatic heterocycles. The van der Waals surface area contributed by atoms with Crippen molar-refractivity contribution in [1.29, 1.82) is 0 Å². The smallest absolute Gasteiger partial charge is 0.268 e. The van der Waals surface area contributed by atoms with Crippen LogP contribution in [-0.2, 0) is 0 Å². The predicted molar refractivity (Wildman–Crippen MR) is 35.0 cm³/mol. The molecule has 2 N–H and O–H groups in total. The second-order valence-corrected chi connectivity index (χ2v) is 5.92. The van der Waals surface area contributed by atoms with Crippen molar-refractivity contribution in [3.63, 3.8) is 0 Å². The number of hydroxylamine groups is 1. The van der Waals surface area contributed by atoms with Crippen LogP contribution in [0.2, 0.25) is 13.1 Å². The molecular weight excluding hydrogens is 121 g/mol. The molecule has 0 aliphatic rings. The van der Waals surface area contributed by atoms with Gasteiger partial charge in [-0.25, -0.2) is 4.97 Å². The van der Waals surface area contributed by atoms with Gasteiger partial charge in [0.05, 0.1) is 0 Å². The zero-order valence-electron chi connectivity index (χ0n) is 5.42. The summed E-state index contributed by atoms with van der Waals surface area (Å²) in [4.78, 5) is 9.96. The van der Waals surface area contributed by atoms with E-state index >= 15 is 0 Å². The summed E-state index contributed by atoms with van der Waals surface area (Å²) in [5.41, 5.74) is 0. The van der Waals surface area contributed by atoms with Crippen molar-refractivity contribution in [3.05, 3.63) is 0 Å². The quantitative estimate of drug-likeness (QED) is 0.397. The monoisotopic (exact) mass is 132 g/mol. The Labute approximate surface area is 51.2 Å². The molecule has 0 heterocycles. The van der Waals surface area contributed by atoms with E-state index in [2.05, 4.69) is 0 Å². The van der Waals surface area contributed by atoms with Crippen molar-refractivity contribution in [2.75, 3.05) is 7.05 Å². The van der Waals surface area contributed by atoms with Gasteiger partial charge in [0.2, 0.25) is 0 Å². The fourth-order valence-corrected chi connectivity index (χ4v) is 1.37. The van der Waals surface area contributed by atoms with E-state index in [-0.39, 0.29) is 0 Å². The van der Waals surface area contributed by atoms with E-state index in [1.807, 2.05) is 0 Å². The Morgan fingerprint density at radius 2 is 1.88 bits per heavy atom. The highest BCUT2D eigenvalue weighted by Crippen LogP contribution is 1.91. The molecule has 0 bridgehead atoms.